The van der Waals surface area contributed by atoms with Gasteiger partial charge < -0.3 is 10.2 Å². The highest BCUT2D eigenvalue weighted by molar-refractivity contribution is 6.01. The normalized spacial score (nSPS) is 9.67. The average molecular weight is 206 g/mol. The topological polar surface area (TPSA) is 74.6 Å². The largest absolute Gasteiger partial charge is 0.478 e. The van der Waals surface area contributed by atoms with Crippen molar-refractivity contribution in [2.45, 2.75) is 6.92 Å². The molecule has 78 valence electrons. The summed E-state index contributed by atoms with van der Waals surface area (Å²) in [6, 6.07) is 2.85. The van der Waals surface area contributed by atoms with E-state index in [0.717, 1.165) is 0 Å². The van der Waals surface area contributed by atoms with E-state index in [1.165, 1.54) is 18.2 Å². The van der Waals surface area contributed by atoms with E-state index in [1.807, 2.05) is 0 Å². The number of carboxylic acid groups (broad SMARTS) is 2. The Morgan fingerprint density at radius 2 is 1.87 bits per heavy atom. The van der Waals surface area contributed by atoms with E-state index in [1.54, 1.807) is 6.92 Å². The fraction of sp³-hybridized carbons (Fsp3) is 0.0909. The van der Waals surface area contributed by atoms with Gasteiger partial charge in [-0.2, -0.15) is 0 Å². The molecule has 2 N–H and O–H groups in total. The first-order chi connectivity index (χ1) is 6.99. The standard InChI is InChI=1S/C11H10O4/c1-3-7-8(10(12)13)5-4-6(2)9(7)11(14)15/h3-5H,1H2,2H3,(H,12,13)(H,14,15). The SMILES string of the molecule is C=Cc1c(C(=O)O)ccc(C)c1C(=O)O. The molecular formula is C11H10O4. The molecule has 15 heavy (non-hydrogen) atoms. The minimum Gasteiger partial charge on any atom is -0.478 e. The molecule has 0 saturated heterocycles. The highest BCUT2D eigenvalue weighted by Crippen LogP contribution is 2.20. The number of carboxylic acids is 2. The molecule has 0 aliphatic carbocycles. The maximum Gasteiger partial charge on any atom is 0.336 e. The molecule has 0 aromatic heterocycles. The van der Waals surface area contributed by atoms with E-state index in [4.69, 9.17) is 10.2 Å². The Balaban J connectivity index is 3.61. The number of hydrogen-bond acceptors (Lipinski definition) is 2. The predicted octanol–water partition coefficient (Wildman–Crippen LogP) is 2.03. The monoisotopic (exact) mass is 206 g/mol. The number of carbonyl (C=O) groups is 2. The molecule has 0 bridgehead atoms. The number of aryl methyl sites for hydroxylation is 1. The van der Waals surface area contributed by atoms with Gasteiger partial charge in [0, 0.05) is 5.56 Å². The molecule has 0 spiro atoms. The summed E-state index contributed by atoms with van der Waals surface area (Å²) < 4.78 is 0. The van der Waals surface area contributed by atoms with Crippen LogP contribution >= 0.6 is 0 Å². The van der Waals surface area contributed by atoms with E-state index in [9.17, 15) is 9.59 Å². The van der Waals surface area contributed by atoms with Crippen LogP contribution in [0.5, 0.6) is 0 Å². The Labute approximate surface area is 86.5 Å². The van der Waals surface area contributed by atoms with Crippen molar-refractivity contribution >= 4 is 18.0 Å². The molecule has 0 aliphatic heterocycles. The summed E-state index contributed by atoms with van der Waals surface area (Å²) in [6.45, 7) is 5.04. The van der Waals surface area contributed by atoms with Crippen molar-refractivity contribution in [2.24, 2.45) is 0 Å². The first kappa shape index (κ1) is 11.0. The summed E-state index contributed by atoms with van der Waals surface area (Å²) in [4.78, 5) is 21.8. The lowest BCUT2D eigenvalue weighted by Crippen LogP contribution is -2.09. The van der Waals surface area contributed by atoms with Crippen LogP contribution in [0, 0.1) is 6.92 Å². The second-order valence-corrected chi connectivity index (χ2v) is 3.03. The van der Waals surface area contributed by atoms with Gasteiger partial charge in [-0.05, 0) is 18.6 Å². The van der Waals surface area contributed by atoms with E-state index in [-0.39, 0.29) is 16.7 Å². The summed E-state index contributed by atoms with van der Waals surface area (Å²) >= 11 is 0. The van der Waals surface area contributed by atoms with Gasteiger partial charge in [-0.25, -0.2) is 9.59 Å². The van der Waals surface area contributed by atoms with Gasteiger partial charge in [-0.15, -0.1) is 0 Å². The smallest absolute Gasteiger partial charge is 0.336 e. The molecule has 0 radical (unpaired) electrons. The Morgan fingerprint density at radius 1 is 1.27 bits per heavy atom. The van der Waals surface area contributed by atoms with Crippen LogP contribution in [0.3, 0.4) is 0 Å². The van der Waals surface area contributed by atoms with Crippen molar-refractivity contribution in [3.05, 3.63) is 41.0 Å². The Kier molecular flexibility index (Phi) is 2.90. The molecule has 1 aromatic carbocycles. The Bertz CT molecular complexity index is 446. The minimum atomic E-state index is -1.16. The molecular weight excluding hydrogens is 196 g/mol. The van der Waals surface area contributed by atoms with Gasteiger partial charge >= 0.3 is 11.9 Å². The first-order valence-corrected chi connectivity index (χ1v) is 4.21. The van der Waals surface area contributed by atoms with Crippen molar-refractivity contribution < 1.29 is 19.8 Å². The highest BCUT2D eigenvalue weighted by atomic mass is 16.4. The molecule has 1 rings (SSSR count). The fourth-order valence-electron chi connectivity index (χ4n) is 1.41. The van der Waals surface area contributed by atoms with Crippen LogP contribution in [0.25, 0.3) is 6.08 Å². The van der Waals surface area contributed by atoms with Crippen LogP contribution in [0.4, 0.5) is 0 Å². The van der Waals surface area contributed by atoms with Gasteiger partial charge in [0.1, 0.15) is 0 Å². The van der Waals surface area contributed by atoms with Crippen LogP contribution in [-0.2, 0) is 0 Å². The molecule has 4 heteroatoms. The number of rotatable bonds is 3. The predicted molar refractivity (Wildman–Crippen MR) is 55.2 cm³/mol. The van der Waals surface area contributed by atoms with Crippen molar-refractivity contribution in [2.75, 3.05) is 0 Å². The molecule has 0 amide bonds. The van der Waals surface area contributed by atoms with Gasteiger partial charge in [0.25, 0.3) is 0 Å². The lowest BCUT2D eigenvalue weighted by atomic mass is 9.96. The van der Waals surface area contributed by atoms with Gasteiger partial charge in [0.15, 0.2) is 0 Å². The quantitative estimate of drug-likeness (QED) is 0.793. The van der Waals surface area contributed by atoms with Crippen LogP contribution in [0.15, 0.2) is 18.7 Å². The summed E-state index contributed by atoms with van der Waals surface area (Å²) in [6.07, 6.45) is 1.25. The van der Waals surface area contributed by atoms with Crippen molar-refractivity contribution in [1.82, 2.24) is 0 Å². The van der Waals surface area contributed by atoms with Crippen molar-refractivity contribution in [3.63, 3.8) is 0 Å². The van der Waals surface area contributed by atoms with E-state index in [2.05, 4.69) is 6.58 Å². The zero-order valence-corrected chi connectivity index (χ0v) is 8.15. The van der Waals surface area contributed by atoms with Crippen LogP contribution in [-0.4, -0.2) is 22.2 Å². The second-order valence-electron chi connectivity index (χ2n) is 3.03. The van der Waals surface area contributed by atoms with Crippen molar-refractivity contribution in [3.8, 4) is 0 Å². The van der Waals surface area contributed by atoms with Gasteiger partial charge in [0.05, 0.1) is 11.1 Å². The summed E-state index contributed by atoms with van der Waals surface area (Å²) in [5, 5.41) is 17.8. The molecule has 0 heterocycles. The first-order valence-electron chi connectivity index (χ1n) is 4.21. The number of aromatic carboxylic acids is 2. The Morgan fingerprint density at radius 3 is 2.27 bits per heavy atom. The molecule has 0 unspecified atom stereocenters. The lowest BCUT2D eigenvalue weighted by Gasteiger charge is -2.08. The van der Waals surface area contributed by atoms with Gasteiger partial charge in [-0.1, -0.05) is 18.7 Å². The molecule has 0 aliphatic rings. The fourth-order valence-corrected chi connectivity index (χ4v) is 1.41. The van der Waals surface area contributed by atoms with Crippen LogP contribution in [0.2, 0.25) is 0 Å². The maximum atomic E-state index is 10.9. The Hall–Kier alpha value is -2.10. The molecule has 4 nitrogen and oxygen atoms in total. The van der Waals surface area contributed by atoms with Crippen LogP contribution in [0.1, 0.15) is 31.8 Å². The summed E-state index contributed by atoms with van der Waals surface area (Å²) in [7, 11) is 0. The van der Waals surface area contributed by atoms with Crippen LogP contribution < -0.4 is 0 Å². The number of benzene rings is 1. The van der Waals surface area contributed by atoms with Gasteiger partial charge in [0.2, 0.25) is 0 Å². The maximum absolute atomic E-state index is 10.9. The molecule has 0 saturated carbocycles. The zero-order valence-electron chi connectivity index (χ0n) is 8.15. The molecule has 0 fully saturated rings. The third-order valence-corrected chi connectivity index (χ3v) is 2.10. The summed E-state index contributed by atoms with van der Waals surface area (Å²) in [5.74, 6) is -2.31. The third-order valence-electron chi connectivity index (χ3n) is 2.10. The van der Waals surface area contributed by atoms with Gasteiger partial charge in [-0.3, -0.25) is 0 Å². The second kappa shape index (κ2) is 3.96. The summed E-state index contributed by atoms with van der Waals surface area (Å²) in [5.41, 5.74) is 0.607. The lowest BCUT2D eigenvalue weighted by molar-refractivity contribution is 0.0695. The van der Waals surface area contributed by atoms with E-state index in [0.29, 0.717) is 5.56 Å². The van der Waals surface area contributed by atoms with Crippen molar-refractivity contribution in [1.29, 1.82) is 0 Å². The van der Waals surface area contributed by atoms with E-state index >= 15 is 0 Å². The molecule has 1 aromatic rings. The zero-order chi connectivity index (χ0) is 11.6. The third kappa shape index (κ3) is 1.88. The average Bonchev–Trinajstić information content (AvgIpc) is 2.15. The number of hydrogen-bond donors (Lipinski definition) is 2. The minimum absolute atomic E-state index is 0.00935. The van der Waals surface area contributed by atoms with E-state index < -0.39 is 11.9 Å². The highest BCUT2D eigenvalue weighted by Gasteiger charge is 2.18. The molecule has 0 atom stereocenters.